The Morgan fingerprint density at radius 3 is 2.88 bits per heavy atom. The molecule has 0 saturated carbocycles. The Balaban J connectivity index is 1.67. The van der Waals surface area contributed by atoms with Gasteiger partial charge in [0.2, 0.25) is 6.79 Å². The summed E-state index contributed by atoms with van der Waals surface area (Å²) in [4.78, 5) is 2.57. The van der Waals surface area contributed by atoms with Crippen LogP contribution in [0.5, 0.6) is 11.5 Å². The summed E-state index contributed by atoms with van der Waals surface area (Å²) >= 11 is 0. The van der Waals surface area contributed by atoms with E-state index in [2.05, 4.69) is 23.1 Å². The van der Waals surface area contributed by atoms with Crippen LogP contribution in [-0.2, 0) is 11.2 Å². The van der Waals surface area contributed by atoms with E-state index in [1.165, 1.54) is 17.5 Å². The summed E-state index contributed by atoms with van der Waals surface area (Å²) in [7, 11) is 1.66. The first-order chi connectivity index (χ1) is 11.8. The summed E-state index contributed by atoms with van der Waals surface area (Å²) in [6.07, 6.45) is 4.92. The quantitative estimate of drug-likeness (QED) is 0.854. The molecule has 4 unspecified atom stereocenters. The number of hydrogen-bond donors (Lipinski definition) is 1. The third-order valence-electron chi connectivity index (χ3n) is 6.12. The second-order valence-corrected chi connectivity index (χ2v) is 7.23. The number of ether oxygens (including phenoxy) is 3. The van der Waals surface area contributed by atoms with Gasteiger partial charge in [0, 0.05) is 18.5 Å². The van der Waals surface area contributed by atoms with Crippen molar-refractivity contribution in [3.05, 3.63) is 35.1 Å². The molecule has 1 aliphatic carbocycles. The Kier molecular flexibility index (Phi) is 3.28. The van der Waals surface area contributed by atoms with Gasteiger partial charge in [0.05, 0.1) is 7.11 Å². The highest BCUT2D eigenvalue weighted by Gasteiger charge is 2.47. The van der Waals surface area contributed by atoms with Crippen LogP contribution in [0.3, 0.4) is 0 Å². The van der Waals surface area contributed by atoms with E-state index < -0.39 is 6.10 Å². The maximum atomic E-state index is 11.0. The molecule has 0 spiro atoms. The van der Waals surface area contributed by atoms with Crippen molar-refractivity contribution >= 4 is 0 Å². The predicted octanol–water partition coefficient (Wildman–Crippen LogP) is 2.04. The van der Waals surface area contributed by atoms with Gasteiger partial charge in [-0.2, -0.15) is 0 Å². The van der Waals surface area contributed by atoms with Gasteiger partial charge in [-0.05, 0) is 61.1 Å². The lowest BCUT2D eigenvalue weighted by atomic mass is 9.71. The number of fused-ring (bicyclic) bond motifs is 3. The molecule has 3 aliphatic heterocycles. The van der Waals surface area contributed by atoms with Crippen molar-refractivity contribution in [1.29, 1.82) is 0 Å². The van der Waals surface area contributed by atoms with Crippen molar-refractivity contribution in [2.24, 2.45) is 5.92 Å². The van der Waals surface area contributed by atoms with Crippen LogP contribution in [0.25, 0.3) is 0 Å². The number of piperidine rings is 1. The first-order valence-corrected chi connectivity index (χ1v) is 8.86. The maximum absolute atomic E-state index is 11.0. The molecule has 1 saturated heterocycles. The van der Waals surface area contributed by atoms with Crippen molar-refractivity contribution in [2.45, 2.75) is 37.3 Å². The molecule has 1 fully saturated rings. The zero-order valence-corrected chi connectivity index (χ0v) is 13.9. The van der Waals surface area contributed by atoms with E-state index in [0.29, 0.717) is 17.7 Å². The van der Waals surface area contributed by atoms with Gasteiger partial charge in [-0.3, -0.25) is 4.90 Å². The second-order valence-electron chi connectivity index (χ2n) is 7.23. The van der Waals surface area contributed by atoms with Crippen LogP contribution in [0.2, 0.25) is 0 Å². The Morgan fingerprint density at radius 1 is 1.21 bits per heavy atom. The molecule has 0 aromatic heterocycles. The van der Waals surface area contributed by atoms with E-state index in [1.807, 2.05) is 0 Å². The van der Waals surface area contributed by atoms with Crippen molar-refractivity contribution in [3.63, 3.8) is 0 Å². The first kappa shape index (κ1) is 14.6. The van der Waals surface area contributed by atoms with Crippen molar-refractivity contribution in [2.75, 3.05) is 27.0 Å². The SMILES string of the molecule is COC1=CC2CCCN3CCc4cc5c(cc4C(C1O)C23)OCO5. The predicted molar refractivity (Wildman–Crippen MR) is 88.2 cm³/mol. The van der Waals surface area contributed by atoms with Gasteiger partial charge in [0.15, 0.2) is 11.5 Å². The standard InChI is InChI=1S/C19H23NO4/c1-22-16-8-12-3-2-5-20-6-4-11-7-14-15(24-10-23-14)9-13(11)17(18(12)20)19(16)21/h7-9,12,17-19,21H,2-6,10H2,1H3. The van der Waals surface area contributed by atoms with Gasteiger partial charge < -0.3 is 19.3 Å². The lowest BCUT2D eigenvalue weighted by Crippen LogP contribution is -2.53. The van der Waals surface area contributed by atoms with Gasteiger partial charge >= 0.3 is 0 Å². The van der Waals surface area contributed by atoms with E-state index in [1.54, 1.807) is 7.11 Å². The zero-order valence-electron chi connectivity index (χ0n) is 13.9. The number of nitrogens with zero attached hydrogens (tertiary/aromatic N) is 1. The molecule has 1 aromatic carbocycles. The lowest BCUT2D eigenvalue weighted by molar-refractivity contribution is 0.0130. The molecule has 3 heterocycles. The Hall–Kier alpha value is -1.72. The fourth-order valence-electron chi connectivity index (χ4n) is 5.06. The van der Waals surface area contributed by atoms with E-state index in [0.717, 1.165) is 37.4 Å². The van der Waals surface area contributed by atoms with E-state index in [-0.39, 0.29) is 12.7 Å². The summed E-state index contributed by atoms with van der Waals surface area (Å²) in [5.41, 5.74) is 2.47. The smallest absolute Gasteiger partial charge is 0.231 e. The lowest BCUT2D eigenvalue weighted by Gasteiger charge is -2.47. The molecule has 0 radical (unpaired) electrons. The van der Waals surface area contributed by atoms with Gasteiger partial charge in [0.1, 0.15) is 11.9 Å². The Bertz CT molecular complexity index is 701. The molecule has 4 atom stereocenters. The molecular weight excluding hydrogens is 306 g/mol. The fraction of sp³-hybridized carbons (Fsp3) is 0.579. The highest BCUT2D eigenvalue weighted by molar-refractivity contribution is 5.52. The number of methoxy groups -OCH3 is 1. The summed E-state index contributed by atoms with van der Waals surface area (Å²) in [5, 5.41) is 11.0. The summed E-state index contributed by atoms with van der Waals surface area (Å²) in [6.45, 7) is 2.43. The number of aliphatic hydroxyl groups excluding tert-OH is 1. The zero-order chi connectivity index (χ0) is 16.3. The van der Waals surface area contributed by atoms with Gasteiger partial charge in [0.25, 0.3) is 0 Å². The van der Waals surface area contributed by atoms with E-state index in [9.17, 15) is 5.11 Å². The Labute approximate surface area is 141 Å². The monoisotopic (exact) mass is 329 g/mol. The first-order valence-electron chi connectivity index (χ1n) is 8.86. The minimum Gasteiger partial charge on any atom is -0.499 e. The fourth-order valence-corrected chi connectivity index (χ4v) is 5.06. The van der Waals surface area contributed by atoms with Crippen molar-refractivity contribution in [3.8, 4) is 11.5 Å². The second kappa shape index (κ2) is 5.39. The minimum atomic E-state index is -0.603. The third-order valence-corrected chi connectivity index (χ3v) is 6.12. The molecule has 128 valence electrons. The normalized spacial score (nSPS) is 34.0. The Morgan fingerprint density at radius 2 is 2.04 bits per heavy atom. The van der Waals surface area contributed by atoms with Crippen molar-refractivity contribution in [1.82, 2.24) is 4.90 Å². The third kappa shape index (κ3) is 2.01. The molecule has 24 heavy (non-hydrogen) atoms. The molecule has 5 heteroatoms. The van der Waals surface area contributed by atoms with Gasteiger partial charge in [-0.15, -0.1) is 0 Å². The molecule has 0 bridgehead atoms. The van der Waals surface area contributed by atoms with E-state index in [4.69, 9.17) is 14.2 Å². The molecule has 4 aliphatic rings. The molecule has 0 amide bonds. The van der Waals surface area contributed by atoms with Gasteiger partial charge in [-0.25, -0.2) is 0 Å². The number of aliphatic hydroxyl groups is 1. The molecule has 5 rings (SSSR count). The van der Waals surface area contributed by atoms with Crippen LogP contribution in [0.4, 0.5) is 0 Å². The number of hydrogen-bond acceptors (Lipinski definition) is 5. The van der Waals surface area contributed by atoms with Crippen molar-refractivity contribution < 1.29 is 19.3 Å². The summed E-state index contributed by atoms with van der Waals surface area (Å²) < 4.78 is 16.7. The van der Waals surface area contributed by atoms with Crippen LogP contribution in [0.1, 0.15) is 29.9 Å². The highest BCUT2D eigenvalue weighted by Crippen LogP contribution is 2.48. The highest BCUT2D eigenvalue weighted by atomic mass is 16.7. The topological polar surface area (TPSA) is 51.2 Å². The molecule has 5 nitrogen and oxygen atoms in total. The number of benzene rings is 1. The van der Waals surface area contributed by atoms with Crippen LogP contribution in [0.15, 0.2) is 24.0 Å². The molecule has 1 aromatic rings. The largest absolute Gasteiger partial charge is 0.499 e. The average Bonchev–Trinajstić information content (AvgIpc) is 2.99. The maximum Gasteiger partial charge on any atom is 0.231 e. The molecular formula is C19H23NO4. The van der Waals surface area contributed by atoms with Gasteiger partial charge in [-0.1, -0.05) is 0 Å². The minimum absolute atomic E-state index is 0.0299. The van der Waals surface area contributed by atoms with Crippen LogP contribution < -0.4 is 9.47 Å². The number of rotatable bonds is 1. The molecule has 1 N–H and O–H groups in total. The van der Waals surface area contributed by atoms with Crippen LogP contribution in [-0.4, -0.2) is 49.1 Å². The van der Waals surface area contributed by atoms with Crippen LogP contribution in [0, 0.1) is 5.92 Å². The van der Waals surface area contributed by atoms with E-state index >= 15 is 0 Å². The summed E-state index contributed by atoms with van der Waals surface area (Å²) in [5.74, 6) is 2.82. The van der Waals surface area contributed by atoms with Crippen LogP contribution >= 0.6 is 0 Å². The summed E-state index contributed by atoms with van der Waals surface area (Å²) in [6, 6.07) is 4.55. The average molecular weight is 329 g/mol.